The normalized spacial score (nSPS) is 24.2. The van der Waals surface area contributed by atoms with E-state index in [9.17, 15) is 4.79 Å². The van der Waals surface area contributed by atoms with E-state index in [-0.39, 0.29) is 17.9 Å². The van der Waals surface area contributed by atoms with Crippen LogP contribution in [0, 0.1) is 12.8 Å². The van der Waals surface area contributed by atoms with Gasteiger partial charge >= 0.3 is 0 Å². The Kier molecular flexibility index (Phi) is 7.03. The summed E-state index contributed by atoms with van der Waals surface area (Å²) >= 11 is 3.62. The van der Waals surface area contributed by atoms with Crippen LogP contribution in [0.2, 0.25) is 0 Å². The van der Waals surface area contributed by atoms with E-state index in [4.69, 9.17) is 9.72 Å². The Labute approximate surface area is 239 Å². The van der Waals surface area contributed by atoms with Gasteiger partial charge in [-0.05, 0) is 85.1 Å². The summed E-state index contributed by atoms with van der Waals surface area (Å²) in [4.78, 5) is 18.8. The first-order valence-corrected chi connectivity index (χ1v) is 14.6. The molecule has 0 bridgehead atoms. The smallest absolute Gasteiger partial charge is 0.228 e. The fraction of sp³-hybridized carbons (Fsp3) is 0.294. The number of carbonyl (C=O) groups is 1. The number of amides is 1. The minimum Gasteiger partial charge on any atom is -0.469 e. The van der Waals surface area contributed by atoms with Gasteiger partial charge in [-0.15, -0.1) is 0 Å². The SMILES string of the molecule is C=C1CC(C2=CCC=C2)(c2cccc(OC3CCCc4ccc(Br)cc43)n2)NC(=O)C1Cc1ccccc1C. The molecule has 6 rings (SSSR count). The third-order valence-electron chi connectivity index (χ3n) is 8.38. The Morgan fingerprint density at radius 1 is 1.15 bits per heavy atom. The van der Waals surface area contributed by atoms with Gasteiger partial charge in [0, 0.05) is 17.0 Å². The number of piperidine rings is 1. The molecule has 2 heterocycles. The number of aromatic nitrogens is 1. The first-order chi connectivity index (χ1) is 18.9. The van der Waals surface area contributed by atoms with Crippen molar-refractivity contribution in [2.45, 2.75) is 57.1 Å². The van der Waals surface area contributed by atoms with Crippen LogP contribution in [0.1, 0.15) is 59.7 Å². The molecular formula is C34H33BrN2O2. The topological polar surface area (TPSA) is 51.2 Å². The third-order valence-corrected chi connectivity index (χ3v) is 8.87. The lowest BCUT2D eigenvalue weighted by Gasteiger charge is -2.42. The van der Waals surface area contributed by atoms with Gasteiger partial charge in [-0.25, -0.2) is 4.98 Å². The molecule has 2 aliphatic carbocycles. The van der Waals surface area contributed by atoms with Gasteiger partial charge in [-0.2, -0.15) is 0 Å². The molecule has 1 N–H and O–H groups in total. The number of ether oxygens (including phenoxy) is 1. The predicted octanol–water partition coefficient (Wildman–Crippen LogP) is 7.63. The fourth-order valence-corrected chi connectivity index (χ4v) is 6.63. The van der Waals surface area contributed by atoms with Crippen molar-refractivity contribution in [3.63, 3.8) is 0 Å². The molecule has 0 radical (unpaired) electrons. The molecule has 3 aromatic rings. The summed E-state index contributed by atoms with van der Waals surface area (Å²) in [6.07, 6.45) is 11.6. The second-order valence-electron chi connectivity index (χ2n) is 10.9. The highest BCUT2D eigenvalue weighted by atomic mass is 79.9. The minimum atomic E-state index is -0.768. The lowest BCUT2D eigenvalue weighted by Crippen LogP contribution is -2.54. The zero-order chi connectivity index (χ0) is 27.0. The molecule has 3 aliphatic rings. The van der Waals surface area contributed by atoms with Gasteiger partial charge in [-0.1, -0.05) is 82.7 Å². The van der Waals surface area contributed by atoms with E-state index in [1.165, 1.54) is 22.3 Å². The van der Waals surface area contributed by atoms with Crippen molar-refractivity contribution < 1.29 is 9.53 Å². The number of fused-ring (bicyclic) bond motifs is 1. The van der Waals surface area contributed by atoms with Crippen molar-refractivity contribution in [3.8, 4) is 5.88 Å². The van der Waals surface area contributed by atoms with Gasteiger partial charge in [0.05, 0.1) is 11.6 Å². The van der Waals surface area contributed by atoms with Crippen LogP contribution in [0.4, 0.5) is 0 Å². The van der Waals surface area contributed by atoms with Crippen LogP contribution in [-0.2, 0) is 23.2 Å². The monoisotopic (exact) mass is 580 g/mol. The number of nitrogens with zero attached hydrogens (tertiary/aromatic N) is 1. The van der Waals surface area contributed by atoms with E-state index in [1.807, 2.05) is 30.3 Å². The second kappa shape index (κ2) is 10.6. The quantitative estimate of drug-likeness (QED) is 0.305. The minimum absolute atomic E-state index is 0.00474. The van der Waals surface area contributed by atoms with Crippen molar-refractivity contribution in [3.05, 3.63) is 129 Å². The Morgan fingerprint density at radius 3 is 2.82 bits per heavy atom. The largest absolute Gasteiger partial charge is 0.469 e. The van der Waals surface area contributed by atoms with Gasteiger partial charge < -0.3 is 10.1 Å². The van der Waals surface area contributed by atoms with Gasteiger partial charge in [0.15, 0.2) is 0 Å². The van der Waals surface area contributed by atoms with Crippen molar-refractivity contribution in [1.29, 1.82) is 0 Å². The zero-order valence-corrected chi connectivity index (χ0v) is 23.8. The Bertz CT molecular complexity index is 1490. The molecule has 1 saturated heterocycles. The van der Waals surface area contributed by atoms with Crippen molar-refractivity contribution in [2.75, 3.05) is 0 Å². The van der Waals surface area contributed by atoms with E-state index in [0.717, 1.165) is 47.0 Å². The first kappa shape index (κ1) is 25.8. The van der Waals surface area contributed by atoms with Crippen LogP contribution in [-0.4, -0.2) is 10.9 Å². The molecule has 1 aromatic heterocycles. The number of carbonyl (C=O) groups excluding carboxylic acids is 1. The van der Waals surface area contributed by atoms with Gasteiger partial charge in [0.1, 0.15) is 11.6 Å². The summed E-state index contributed by atoms with van der Waals surface area (Å²) in [5.74, 6) is 0.297. The molecular weight excluding hydrogens is 548 g/mol. The Morgan fingerprint density at radius 2 is 2.03 bits per heavy atom. The number of nitrogens with one attached hydrogen (secondary N) is 1. The summed E-state index contributed by atoms with van der Waals surface area (Å²) in [6, 6.07) is 20.6. The fourth-order valence-electron chi connectivity index (χ4n) is 6.25. The summed E-state index contributed by atoms with van der Waals surface area (Å²) < 4.78 is 7.59. The number of benzene rings is 2. The van der Waals surface area contributed by atoms with Crippen LogP contribution in [0.25, 0.3) is 0 Å². The van der Waals surface area contributed by atoms with Crippen molar-refractivity contribution in [2.24, 2.45) is 5.92 Å². The lowest BCUT2D eigenvalue weighted by atomic mass is 9.72. The maximum absolute atomic E-state index is 13.8. The van der Waals surface area contributed by atoms with Crippen LogP contribution in [0.5, 0.6) is 5.88 Å². The van der Waals surface area contributed by atoms with Gasteiger partial charge in [0.25, 0.3) is 0 Å². The molecule has 1 fully saturated rings. The number of hydrogen-bond donors (Lipinski definition) is 1. The first-order valence-electron chi connectivity index (χ1n) is 13.8. The molecule has 39 heavy (non-hydrogen) atoms. The molecule has 4 nitrogen and oxygen atoms in total. The molecule has 2 aromatic carbocycles. The molecule has 3 atom stereocenters. The standard InChI is InChI=1S/C34H33BrN2O2/c1-22-9-3-4-10-25(22)19-28-23(2)21-34(37-33(28)38,26-12-5-6-13-26)31-15-8-16-32(36-31)39-30-14-7-11-24-17-18-27(35)20-29(24)30/h3-5,8-10,12-13,15-18,20,28,30H,2,6-7,11,14,19,21H2,1H3,(H,37,38). The third kappa shape index (κ3) is 5.00. The zero-order valence-electron chi connectivity index (χ0n) is 22.3. The van der Waals surface area contributed by atoms with Gasteiger partial charge in [0.2, 0.25) is 11.8 Å². The lowest BCUT2D eigenvalue weighted by molar-refractivity contribution is -0.127. The molecule has 1 amide bonds. The second-order valence-corrected chi connectivity index (χ2v) is 11.8. The number of rotatable bonds is 6. The van der Waals surface area contributed by atoms with Crippen LogP contribution < -0.4 is 10.1 Å². The molecule has 1 aliphatic heterocycles. The maximum atomic E-state index is 13.8. The van der Waals surface area contributed by atoms with Crippen molar-refractivity contribution >= 4 is 21.8 Å². The van der Waals surface area contributed by atoms with E-state index in [0.29, 0.717) is 18.7 Å². The highest BCUT2D eigenvalue weighted by Crippen LogP contribution is 2.44. The summed E-state index contributed by atoms with van der Waals surface area (Å²) in [5, 5.41) is 3.42. The summed E-state index contributed by atoms with van der Waals surface area (Å²) in [6.45, 7) is 6.53. The highest BCUT2D eigenvalue weighted by molar-refractivity contribution is 9.10. The average molecular weight is 582 g/mol. The number of aryl methyl sites for hydroxylation is 2. The van der Waals surface area contributed by atoms with E-state index < -0.39 is 5.54 Å². The summed E-state index contributed by atoms with van der Waals surface area (Å²) in [5.41, 5.74) is 6.93. The van der Waals surface area contributed by atoms with E-state index in [1.54, 1.807) is 0 Å². The van der Waals surface area contributed by atoms with Crippen LogP contribution in [0.3, 0.4) is 0 Å². The number of pyridine rings is 1. The van der Waals surface area contributed by atoms with Crippen LogP contribution >= 0.6 is 15.9 Å². The van der Waals surface area contributed by atoms with Crippen LogP contribution in [0.15, 0.2) is 101 Å². The molecule has 198 valence electrons. The van der Waals surface area contributed by atoms with Crippen molar-refractivity contribution in [1.82, 2.24) is 10.3 Å². The van der Waals surface area contributed by atoms with E-state index in [2.05, 4.69) is 83.3 Å². The van der Waals surface area contributed by atoms with Gasteiger partial charge in [-0.3, -0.25) is 4.79 Å². The molecule has 5 heteroatoms. The Hall–Kier alpha value is -3.44. The average Bonchev–Trinajstić information content (AvgIpc) is 3.48. The highest BCUT2D eigenvalue weighted by Gasteiger charge is 2.46. The number of hydrogen-bond acceptors (Lipinski definition) is 3. The Balaban J connectivity index is 1.31. The van der Waals surface area contributed by atoms with E-state index >= 15 is 0 Å². The number of halogens is 1. The molecule has 0 spiro atoms. The maximum Gasteiger partial charge on any atom is 0.228 e. The predicted molar refractivity (Wildman–Crippen MR) is 158 cm³/mol. The summed E-state index contributed by atoms with van der Waals surface area (Å²) in [7, 11) is 0. The molecule has 3 unspecified atom stereocenters. The number of allylic oxidation sites excluding steroid dienone is 2. The molecule has 0 saturated carbocycles.